The van der Waals surface area contributed by atoms with Gasteiger partial charge in [0.15, 0.2) is 0 Å². The Labute approximate surface area is 116 Å². The zero-order valence-electron chi connectivity index (χ0n) is 12.2. The van der Waals surface area contributed by atoms with Gasteiger partial charge in [-0.05, 0) is 62.7 Å². The van der Waals surface area contributed by atoms with Gasteiger partial charge in [0, 0.05) is 6.54 Å². The molecule has 0 heterocycles. The monoisotopic (exact) mass is 259 g/mol. The standard InChI is InChI=1S/C17H25NO/c1-4-6-18(5-2)15(19)17-10-13-7-14(11-17)9-16(3,8-13)12-17/h1,13-14H,5-12H2,2-3H3. The summed E-state index contributed by atoms with van der Waals surface area (Å²) < 4.78 is 0. The Morgan fingerprint density at radius 2 is 1.95 bits per heavy atom. The predicted octanol–water partition coefficient (Wildman–Crippen LogP) is 3.07. The van der Waals surface area contributed by atoms with Gasteiger partial charge in [-0.1, -0.05) is 12.8 Å². The number of hydrogen-bond donors (Lipinski definition) is 0. The van der Waals surface area contributed by atoms with Crippen LogP contribution >= 0.6 is 0 Å². The Balaban J connectivity index is 1.87. The molecule has 0 aromatic rings. The van der Waals surface area contributed by atoms with Gasteiger partial charge in [-0.2, -0.15) is 0 Å². The van der Waals surface area contributed by atoms with Crippen LogP contribution in [0.15, 0.2) is 0 Å². The Hall–Kier alpha value is -0.970. The summed E-state index contributed by atoms with van der Waals surface area (Å²) in [5.41, 5.74) is 0.362. The number of carbonyl (C=O) groups excluding carboxylic acids is 1. The molecule has 0 saturated heterocycles. The summed E-state index contributed by atoms with van der Waals surface area (Å²) in [5, 5.41) is 0. The van der Waals surface area contributed by atoms with Gasteiger partial charge in [-0.15, -0.1) is 6.42 Å². The molecular formula is C17H25NO. The topological polar surface area (TPSA) is 20.3 Å². The van der Waals surface area contributed by atoms with Crippen molar-refractivity contribution in [1.29, 1.82) is 0 Å². The van der Waals surface area contributed by atoms with E-state index in [1.54, 1.807) is 0 Å². The van der Waals surface area contributed by atoms with Crippen molar-refractivity contribution in [3.05, 3.63) is 0 Å². The Morgan fingerprint density at radius 1 is 1.32 bits per heavy atom. The van der Waals surface area contributed by atoms with Crippen molar-refractivity contribution in [1.82, 2.24) is 4.90 Å². The summed E-state index contributed by atoms with van der Waals surface area (Å²) in [6.45, 7) is 5.67. The van der Waals surface area contributed by atoms with Crippen molar-refractivity contribution in [2.45, 2.75) is 52.4 Å². The molecule has 104 valence electrons. The maximum Gasteiger partial charge on any atom is 0.229 e. The second-order valence-corrected chi connectivity index (χ2v) is 7.58. The summed E-state index contributed by atoms with van der Waals surface area (Å²) in [4.78, 5) is 14.9. The third-order valence-corrected chi connectivity index (χ3v) is 5.76. The largest absolute Gasteiger partial charge is 0.331 e. The molecule has 0 aromatic heterocycles. The van der Waals surface area contributed by atoms with Crippen molar-refractivity contribution in [2.75, 3.05) is 13.1 Å². The number of hydrogen-bond acceptors (Lipinski definition) is 1. The van der Waals surface area contributed by atoms with Gasteiger partial charge in [-0.25, -0.2) is 0 Å². The van der Waals surface area contributed by atoms with Crippen LogP contribution in [0.4, 0.5) is 0 Å². The maximum atomic E-state index is 13.0. The van der Waals surface area contributed by atoms with Crippen LogP contribution in [-0.4, -0.2) is 23.9 Å². The Kier molecular flexibility index (Phi) is 2.93. The van der Waals surface area contributed by atoms with Crippen LogP contribution in [0.25, 0.3) is 0 Å². The zero-order chi connectivity index (χ0) is 13.7. The first-order valence-electron chi connectivity index (χ1n) is 7.73. The van der Waals surface area contributed by atoms with Crippen molar-refractivity contribution in [2.24, 2.45) is 22.7 Å². The van der Waals surface area contributed by atoms with E-state index in [4.69, 9.17) is 6.42 Å². The SMILES string of the molecule is C#CCN(CC)C(=O)C12CC3CC(CC(C)(C3)C1)C2. The van der Waals surface area contributed by atoms with Gasteiger partial charge in [0.2, 0.25) is 5.91 Å². The Morgan fingerprint density at radius 3 is 2.42 bits per heavy atom. The third-order valence-electron chi connectivity index (χ3n) is 5.76. The molecule has 0 aromatic carbocycles. The van der Waals surface area contributed by atoms with Crippen LogP contribution in [0.2, 0.25) is 0 Å². The van der Waals surface area contributed by atoms with Crippen molar-refractivity contribution < 1.29 is 4.79 Å². The molecule has 2 nitrogen and oxygen atoms in total. The highest BCUT2D eigenvalue weighted by Gasteiger charge is 2.59. The van der Waals surface area contributed by atoms with E-state index < -0.39 is 0 Å². The van der Waals surface area contributed by atoms with Crippen molar-refractivity contribution in [3.63, 3.8) is 0 Å². The van der Waals surface area contributed by atoms with Gasteiger partial charge in [0.1, 0.15) is 0 Å². The molecule has 4 rings (SSSR count). The van der Waals surface area contributed by atoms with Gasteiger partial charge in [0.05, 0.1) is 12.0 Å². The Bertz CT molecular complexity index is 419. The van der Waals surface area contributed by atoms with Crippen LogP contribution in [-0.2, 0) is 4.79 Å². The summed E-state index contributed by atoms with van der Waals surface area (Å²) in [7, 11) is 0. The van der Waals surface area contributed by atoms with Crippen LogP contribution in [0.3, 0.4) is 0 Å². The van der Waals surface area contributed by atoms with Crippen molar-refractivity contribution in [3.8, 4) is 12.3 Å². The molecule has 2 atom stereocenters. The molecule has 0 spiro atoms. The van der Waals surface area contributed by atoms with Crippen LogP contribution in [0.1, 0.15) is 52.4 Å². The first-order valence-corrected chi connectivity index (χ1v) is 7.73. The van der Waals surface area contributed by atoms with E-state index in [9.17, 15) is 4.79 Å². The normalized spacial score (nSPS) is 43.0. The fraction of sp³-hybridized carbons (Fsp3) is 0.824. The van der Waals surface area contributed by atoms with E-state index >= 15 is 0 Å². The molecule has 4 saturated carbocycles. The average molecular weight is 259 g/mol. The molecule has 4 fully saturated rings. The molecule has 4 aliphatic carbocycles. The number of nitrogens with zero attached hydrogens (tertiary/aromatic N) is 1. The van der Waals surface area contributed by atoms with E-state index in [-0.39, 0.29) is 5.41 Å². The van der Waals surface area contributed by atoms with Crippen LogP contribution in [0, 0.1) is 35.0 Å². The zero-order valence-corrected chi connectivity index (χ0v) is 12.2. The maximum absolute atomic E-state index is 13.0. The van der Waals surface area contributed by atoms with Gasteiger partial charge >= 0.3 is 0 Å². The quantitative estimate of drug-likeness (QED) is 0.713. The minimum atomic E-state index is -0.0638. The molecule has 2 heteroatoms. The molecular weight excluding hydrogens is 234 g/mol. The molecule has 0 N–H and O–H groups in total. The number of terminal acetylenes is 1. The molecule has 0 aliphatic heterocycles. The highest BCUT2D eigenvalue weighted by atomic mass is 16.2. The molecule has 19 heavy (non-hydrogen) atoms. The van der Waals surface area contributed by atoms with E-state index in [1.165, 1.54) is 19.3 Å². The highest BCUT2D eigenvalue weighted by Crippen LogP contribution is 2.65. The van der Waals surface area contributed by atoms with E-state index in [0.717, 1.165) is 37.6 Å². The van der Waals surface area contributed by atoms with E-state index in [2.05, 4.69) is 12.8 Å². The van der Waals surface area contributed by atoms with Gasteiger partial charge in [0.25, 0.3) is 0 Å². The lowest BCUT2D eigenvalue weighted by Crippen LogP contribution is -2.57. The summed E-state index contributed by atoms with van der Waals surface area (Å²) >= 11 is 0. The molecule has 1 amide bonds. The van der Waals surface area contributed by atoms with E-state index in [0.29, 0.717) is 17.9 Å². The smallest absolute Gasteiger partial charge is 0.229 e. The van der Waals surface area contributed by atoms with E-state index in [1.807, 2.05) is 11.8 Å². The fourth-order valence-corrected chi connectivity index (χ4v) is 5.74. The first-order chi connectivity index (χ1) is 9.00. The van der Waals surface area contributed by atoms with Gasteiger partial charge in [-0.3, -0.25) is 4.79 Å². The minimum Gasteiger partial charge on any atom is -0.331 e. The lowest BCUT2D eigenvalue weighted by Gasteiger charge is -2.61. The minimum absolute atomic E-state index is 0.0638. The first kappa shape index (κ1) is 13.0. The van der Waals surface area contributed by atoms with Crippen LogP contribution in [0.5, 0.6) is 0 Å². The fourth-order valence-electron chi connectivity index (χ4n) is 5.74. The molecule has 2 unspecified atom stereocenters. The predicted molar refractivity (Wildman–Crippen MR) is 76.3 cm³/mol. The summed E-state index contributed by atoms with van der Waals surface area (Å²) in [5.74, 6) is 4.58. The lowest BCUT2D eigenvalue weighted by molar-refractivity contribution is -0.165. The average Bonchev–Trinajstić information content (AvgIpc) is 2.32. The van der Waals surface area contributed by atoms with Crippen molar-refractivity contribution >= 4 is 5.91 Å². The number of carbonyl (C=O) groups is 1. The summed E-state index contributed by atoms with van der Waals surface area (Å²) in [6, 6.07) is 0. The molecule has 4 aliphatic rings. The molecule has 4 bridgehead atoms. The lowest BCUT2D eigenvalue weighted by atomic mass is 9.44. The van der Waals surface area contributed by atoms with Gasteiger partial charge < -0.3 is 4.90 Å². The van der Waals surface area contributed by atoms with Crippen LogP contribution < -0.4 is 0 Å². The second-order valence-electron chi connectivity index (χ2n) is 7.58. The number of amides is 1. The number of rotatable bonds is 3. The molecule has 0 radical (unpaired) electrons. The summed E-state index contributed by atoms with van der Waals surface area (Å²) in [6.07, 6.45) is 12.8. The third kappa shape index (κ3) is 1.98. The second kappa shape index (κ2) is 4.27. The highest BCUT2D eigenvalue weighted by molar-refractivity contribution is 5.83.